The third kappa shape index (κ3) is 4.19. The maximum Gasteiger partial charge on any atom is 0.261 e. The third-order valence-corrected chi connectivity index (χ3v) is 6.38. The van der Waals surface area contributed by atoms with Gasteiger partial charge in [-0.1, -0.05) is 37.4 Å². The molecule has 1 saturated carbocycles. The van der Waals surface area contributed by atoms with Gasteiger partial charge in [-0.2, -0.15) is 0 Å². The van der Waals surface area contributed by atoms with Gasteiger partial charge in [0.15, 0.2) is 0 Å². The van der Waals surface area contributed by atoms with Gasteiger partial charge in [0.25, 0.3) is 10.0 Å². The van der Waals surface area contributed by atoms with Gasteiger partial charge >= 0.3 is 0 Å². The minimum absolute atomic E-state index is 0.0600. The van der Waals surface area contributed by atoms with E-state index in [1.807, 2.05) is 6.92 Å². The monoisotopic (exact) mass is 392 g/mol. The van der Waals surface area contributed by atoms with Gasteiger partial charge in [0, 0.05) is 21.8 Å². The summed E-state index contributed by atoms with van der Waals surface area (Å²) in [6.07, 6.45) is 3.80. The molecule has 26 heavy (non-hydrogen) atoms. The number of amides is 1. The van der Waals surface area contributed by atoms with Gasteiger partial charge in [0.2, 0.25) is 5.91 Å². The Labute approximate surface area is 158 Å². The Bertz CT molecular complexity index is 905. The Kier molecular flexibility index (Phi) is 5.25. The molecular formula is C19H21ClN2O3S. The van der Waals surface area contributed by atoms with Crippen LogP contribution in [0.5, 0.6) is 0 Å². The normalized spacial score (nSPS) is 16.2. The minimum atomic E-state index is -3.76. The lowest BCUT2D eigenvalue weighted by Crippen LogP contribution is -2.30. The first-order valence-corrected chi connectivity index (χ1v) is 10.3. The van der Waals surface area contributed by atoms with E-state index in [4.69, 9.17) is 11.6 Å². The zero-order chi connectivity index (χ0) is 18.8. The summed E-state index contributed by atoms with van der Waals surface area (Å²) in [6, 6.07) is 12.7. The van der Waals surface area contributed by atoms with E-state index in [1.165, 1.54) is 12.1 Å². The van der Waals surface area contributed by atoms with Crippen LogP contribution in [0.15, 0.2) is 53.4 Å². The third-order valence-electron chi connectivity index (χ3n) is 4.75. The molecule has 5 nitrogen and oxygen atoms in total. The molecule has 0 saturated heterocycles. The summed E-state index contributed by atoms with van der Waals surface area (Å²) in [6.45, 7) is 1.96. The zero-order valence-electron chi connectivity index (χ0n) is 14.5. The van der Waals surface area contributed by atoms with Crippen molar-refractivity contribution in [2.75, 3.05) is 10.0 Å². The van der Waals surface area contributed by atoms with Gasteiger partial charge in [-0.3, -0.25) is 9.52 Å². The summed E-state index contributed by atoms with van der Waals surface area (Å²) >= 11 is 5.82. The Hall–Kier alpha value is -2.05. The van der Waals surface area contributed by atoms with Gasteiger partial charge in [0.1, 0.15) is 0 Å². The van der Waals surface area contributed by atoms with Crippen LogP contribution < -0.4 is 10.0 Å². The predicted octanol–water partition coefficient (Wildman–Crippen LogP) is 4.66. The number of hydrogen-bond donors (Lipinski definition) is 2. The largest absolute Gasteiger partial charge is 0.326 e. The van der Waals surface area contributed by atoms with Crippen LogP contribution in [0.1, 0.15) is 32.6 Å². The van der Waals surface area contributed by atoms with Crippen LogP contribution in [-0.4, -0.2) is 14.3 Å². The highest BCUT2D eigenvalue weighted by Gasteiger charge is 2.36. The average molecular weight is 393 g/mol. The lowest BCUT2D eigenvalue weighted by Gasteiger charge is -2.22. The van der Waals surface area contributed by atoms with E-state index in [0.717, 1.165) is 25.7 Å². The molecule has 2 N–H and O–H groups in total. The summed E-state index contributed by atoms with van der Waals surface area (Å²) in [7, 11) is -3.76. The highest BCUT2D eigenvalue weighted by atomic mass is 35.5. The minimum Gasteiger partial charge on any atom is -0.326 e. The highest BCUT2D eigenvalue weighted by Crippen LogP contribution is 2.38. The van der Waals surface area contributed by atoms with Crippen molar-refractivity contribution in [1.82, 2.24) is 0 Å². The molecule has 0 spiro atoms. The van der Waals surface area contributed by atoms with Gasteiger partial charge < -0.3 is 5.32 Å². The number of benzene rings is 2. The second-order valence-electron chi connectivity index (χ2n) is 6.86. The zero-order valence-corrected chi connectivity index (χ0v) is 16.0. The maximum absolute atomic E-state index is 12.6. The average Bonchev–Trinajstić information content (AvgIpc) is 3.05. The fourth-order valence-electron chi connectivity index (χ4n) is 3.14. The van der Waals surface area contributed by atoms with E-state index in [-0.39, 0.29) is 16.2 Å². The van der Waals surface area contributed by atoms with Crippen molar-refractivity contribution in [3.05, 3.63) is 53.6 Å². The number of rotatable bonds is 5. The molecule has 2 aromatic carbocycles. The Morgan fingerprint density at radius 2 is 1.69 bits per heavy atom. The molecule has 7 heteroatoms. The quantitative estimate of drug-likeness (QED) is 0.776. The molecule has 3 rings (SSSR count). The molecule has 0 heterocycles. The van der Waals surface area contributed by atoms with E-state index in [1.54, 1.807) is 36.4 Å². The first-order chi connectivity index (χ1) is 12.3. The van der Waals surface area contributed by atoms with Crippen LogP contribution >= 0.6 is 11.6 Å². The molecule has 0 radical (unpaired) electrons. The van der Waals surface area contributed by atoms with Crippen LogP contribution in [0.25, 0.3) is 0 Å². The van der Waals surface area contributed by atoms with Crippen molar-refractivity contribution in [1.29, 1.82) is 0 Å². The standard InChI is InChI=1S/C19H21ClN2O3S/c1-19(11-2-3-12-19)18(23)21-16-5-4-6-17(13-16)26(24,25)22-15-9-7-14(20)8-10-15/h4-10,13,22H,2-3,11-12H2,1H3,(H,21,23). The fraction of sp³-hybridized carbons (Fsp3) is 0.316. The topological polar surface area (TPSA) is 75.3 Å². The van der Waals surface area contributed by atoms with E-state index >= 15 is 0 Å². The smallest absolute Gasteiger partial charge is 0.261 e. The van der Waals surface area contributed by atoms with Crippen LogP contribution in [0.3, 0.4) is 0 Å². The SMILES string of the molecule is CC1(C(=O)Nc2cccc(S(=O)(=O)Nc3ccc(Cl)cc3)c2)CCCC1. The van der Waals surface area contributed by atoms with E-state index in [9.17, 15) is 13.2 Å². The lowest BCUT2D eigenvalue weighted by molar-refractivity contribution is -0.124. The summed E-state index contributed by atoms with van der Waals surface area (Å²) in [4.78, 5) is 12.6. The van der Waals surface area contributed by atoms with Crippen molar-refractivity contribution in [3.63, 3.8) is 0 Å². The number of sulfonamides is 1. The van der Waals surface area contributed by atoms with Gasteiger partial charge in [-0.05, 0) is 55.3 Å². The van der Waals surface area contributed by atoms with Gasteiger partial charge in [-0.15, -0.1) is 0 Å². The number of nitrogens with one attached hydrogen (secondary N) is 2. The van der Waals surface area contributed by atoms with Crippen LogP contribution in [0, 0.1) is 5.41 Å². The van der Waals surface area contributed by atoms with Crippen LogP contribution in [0.2, 0.25) is 5.02 Å². The molecule has 1 aliphatic carbocycles. The molecule has 138 valence electrons. The van der Waals surface area contributed by atoms with Gasteiger partial charge in [-0.25, -0.2) is 8.42 Å². The highest BCUT2D eigenvalue weighted by molar-refractivity contribution is 7.92. The van der Waals surface area contributed by atoms with E-state index in [2.05, 4.69) is 10.0 Å². The summed E-state index contributed by atoms with van der Waals surface area (Å²) in [5.74, 6) is -0.0600. The summed E-state index contributed by atoms with van der Waals surface area (Å²) < 4.78 is 27.7. The van der Waals surface area contributed by atoms with Crippen LogP contribution in [-0.2, 0) is 14.8 Å². The molecule has 0 atom stereocenters. The van der Waals surface area contributed by atoms with Crippen molar-refractivity contribution in [2.24, 2.45) is 5.41 Å². The summed E-state index contributed by atoms with van der Waals surface area (Å²) in [5, 5.41) is 3.39. The van der Waals surface area contributed by atoms with Gasteiger partial charge in [0.05, 0.1) is 4.90 Å². The van der Waals surface area contributed by atoms with Crippen molar-refractivity contribution in [2.45, 2.75) is 37.5 Å². The lowest BCUT2D eigenvalue weighted by atomic mass is 9.88. The molecule has 0 aromatic heterocycles. The molecule has 0 bridgehead atoms. The molecule has 0 unspecified atom stereocenters. The first-order valence-electron chi connectivity index (χ1n) is 8.48. The molecule has 1 amide bonds. The summed E-state index contributed by atoms with van der Waals surface area (Å²) in [5.41, 5.74) is 0.514. The predicted molar refractivity (Wildman–Crippen MR) is 104 cm³/mol. The fourth-order valence-corrected chi connectivity index (χ4v) is 4.37. The second kappa shape index (κ2) is 7.29. The van der Waals surface area contributed by atoms with E-state index < -0.39 is 10.0 Å². The first kappa shape index (κ1) is 18.7. The van der Waals surface area contributed by atoms with Crippen molar-refractivity contribution in [3.8, 4) is 0 Å². The van der Waals surface area contributed by atoms with Crippen LogP contribution in [0.4, 0.5) is 11.4 Å². The molecular weight excluding hydrogens is 372 g/mol. The Morgan fingerprint density at radius 3 is 2.35 bits per heavy atom. The Morgan fingerprint density at radius 1 is 1.04 bits per heavy atom. The molecule has 1 aliphatic rings. The number of hydrogen-bond acceptors (Lipinski definition) is 3. The van der Waals surface area contributed by atoms with Crippen molar-refractivity contribution >= 4 is 38.9 Å². The molecule has 1 fully saturated rings. The molecule has 2 aromatic rings. The van der Waals surface area contributed by atoms with E-state index in [0.29, 0.717) is 16.4 Å². The second-order valence-corrected chi connectivity index (χ2v) is 8.98. The maximum atomic E-state index is 12.6. The number of halogens is 1. The molecule has 0 aliphatic heterocycles. The number of anilines is 2. The number of carbonyl (C=O) groups excluding carboxylic acids is 1. The van der Waals surface area contributed by atoms with Crippen molar-refractivity contribution < 1.29 is 13.2 Å². The number of carbonyl (C=O) groups is 1. The Balaban J connectivity index is 1.77.